The molecule has 0 bridgehead atoms. The fraction of sp³-hybridized carbons (Fsp3) is 0.417. The molecule has 98 valence electrons. The molecule has 1 heterocycles. The number of anilines is 1. The lowest BCUT2D eigenvalue weighted by molar-refractivity contribution is 0.379. The van der Waals surface area contributed by atoms with Gasteiger partial charge in [0.1, 0.15) is 24.8 Å². The average molecular weight is 284 g/mol. The van der Waals surface area contributed by atoms with Gasteiger partial charge in [-0.05, 0) is 12.1 Å². The highest BCUT2D eigenvalue weighted by atomic mass is 32.1. The molecule has 2 N–H and O–H groups in total. The van der Waals surface area contributed by atoms with Crippen LogP contribution in [0.5, 0.6) is 5.75 Å². The van der Waals surface area contributed by atoms with Crippen molar-refractivity contribution in [3.05, 3.63) is 18.2 Å². The number of nitrogens with zero attached hydrogens (tertiary/aromatic N) is 1. The van der Waals surface area contributed by atoms with Crippen LogP contribution >= 0.6 is 18.5 Å². The first-order valence-electron chi connectivity index (χ1n) is 5.93. The Morgan fingerprint density at radius 2 is 2.11 bits per heavy atom. The number of fused-ring (bicyclic) bond motifs is 1. The molecule has 2 rings (SSSR count). The maximum atomic E-state index is 12.3. The van der Waals surface area contributed by atoms with Crippen LogP contribution in [0.15, 0.2) is 18.2 Å². The largest absolute Gasteiger partial charge is 0.484 e. The summed E-state index contributed by atoms with van der Waals surface area (Å²) in [5.41, 5.74) is 6.45. The maximum Gasteiger partial charge on any atom is 0.181 e. The molecule has 0 spiro atoms. The summed E-state index contributed by atoms with van der Waals surface area (Å²) in [5, 5.41) is 0.523. The van der Waals surface area contributed by atoms with Gasteiger partial charge >= 0.3 is 0 Å². The number of nitrogen functional groups attached to an aromatic ring is 1. The summed E-state index contributed by atoms with van der Waals surface area (Å²) < 4.78 is 19.0. The lowest BCUT2D eigenvalue weighted by Crippen LogP contribution is -2.03. The van der Waals surface area contributed by atoms with Crippen LogP contribution in [0.25, 0.3) is 10.2 Å². The van der Waals surface area contributed by atoms with E-state index in [1.54, 1.807) is 0 Å². The summed E-state index contributed by atoms with van der Waals surface area (Å²) in [6.07, 6.45) is 1.61. The van der Waals surface area contributed by atoms with Gasteiger partial charge in [0.05, 0.1) is 4.70 Å². The standard InChI is InChI=1S/C12H17N2O2PS/c1-3-17(15,4-2)8-16-9-6-5-7-10-11(9)14-12(13)18-10/h5-7H,3-4,8H2,1-2H3,(H2,13,14). The second kappa shape index (κ2) is 5.29. The number of aromatic nitrogens is 1. The zero-order valence-electron chi connectivity index (χ0n) is 10.5. The minimum absolute atomic E-state index is 0.274. The van der Waals surface area contributed by atoms with Gasteiger partial charge in [-0.15, -0.1) is 0 Å². The predicted octanol–water partition coefficient (Wildman–Crippen LogP) is 3.62. The topological polar surface area (TPSA) is 65.2 Å². The zero-order valence-corrected chi connectivity index (χ0v) is 12.3. The van der Waals surface area contributed by atoms with Crippen molar-refractivity contribution in [2.45, 2.75) is 13.8 Å². The highest BCUT2D eigenvalue weighted by Crippen LogP contribution is 2.45. The zero-order chi connectivity index (χ0) is 13.2. The summed E-state index contributed by atoms with van der Waals surface area (Å²) in [6, 6.07) is 5.70. The number of hydrogen-bond donors (Lipinski definition) is 1. The molecule has 0 aliphatic rings. The number of ether oxygens (including phenoxy) is 1. The number of thiazole rings is 1. The Balaban J connectivity index is 2.24. The van der Waals surface area contributed by atoms with Crippen LogP contribution in [-0.2, 0) is 4.57 Å². The van der Waals surface area contributed by atoms with Crippen molar-refractivity contribution in [2.24, 2.45) is 0 Å². The van der Waals surface area contributed by atoms with Crippen LogP contribution in [0.1, 0.15) is 13.8 Å². The van der Waals surface area contributed by atoms with Crippen LogP contribution in [0.4, 0.5) is 5.13 Å². The third-order valence-electron chi connectivity index (χ3n) is 3.01. The van der Waals surface area contributed by atoms with E-state index >= 15 is 0 Å². The monoisotopic (exact) mass is 284 g/mol. The Labute approximate surface area is 111 Å². The van der Waals surface area contributed by atoms with Crippen LogP contribution in [0, 0.1) is 0 Å². The Kier molecular flexibility index (Phi) is 3.93. The van der Waals surface area contributed by atoms with Gasteiger partial charge in [0.15, 0.2) is 5.13 Å². The molecule has 0 aliphatic carbocycles. The molecular formula is C12H17N2O2PS. The summed E-state index contributed by atoms with van der Waals surface area (Å²) in [6.45, 7) is 3.88. The van der Waals surface area contributed by atoms with E-state index in [2.05, 4.69) is 4.98 Å². The minimum Gasteiger partial charge on any atom is -0.484 e. The van der Waals surface area contributed by atoms with Crippen molar-refractivity contribution in [1.82, 2.24) is 4.98 Å². The average Bonchev–Trinajstić information content (AvgIpc) is 2.76. The van der Waals surface area contributed by atoms with Crippen molar-refractivity contribution in [1.29, 1.82) is 0 Å². The van der Waals surface area contributed by atoms with Crippen molar-refractivity contribution in [3.8, 4) is 5.75 Å². The molecular weight excluding hydrogens is 267 g/mol. The molecule has 0 unspecified atom stereocenters. The van der Waals surface area contributed by atoms with Gasteiger partial charge < -0.3 is 15.0 Å². The van der Waals surface area contributed by atoms with E-state index in [1.165, 1.54) is 11.3 Å². The molecule has 18 heavy (non-hydrogen) atoms. The number of nitrogens with two attached hydrogens (primary N) is 1. The van der Waals surface area contributed by atoms with E-state index in [-0.39, 0.29) is 6.35 Å². The van der Waals surface area contributed by atoms with Crippen LogP contribution in [-0.4, -0.2) is 23.7 Å². The van der Waals surface area contributed by atoms with Crippen molar-refractivity contribution >= 4 is 33.8 Å². The van der Waals surface area contributed by atoms with Crippen LogP contribution < -0.4 is 10.5 Å². The normalized spacial score (nSPS) is 11.9. The van der Waals surface area contributed by atoms with Crippen LogP contribution in [0.3, 0.4) is 0 Å². The lowest BCUT2D eigenvalue weighted by Gasteiger charge is -2.15. The third-order valence-corrected chi connectivity index (χ3v) is 6.76. The molecule has 0 atom stereocenters. The van der Waals surface area contributed by atoms with Crippen molar-refractivity contribution in [2.75, 3.05) is 24.4 Å². The van der Waals surface area contributed by atoms with Gasteiger partial charge in [0.25, 0.3) is 0 Å². The molecule has 0 saturated heterocycles. The van der Waals surface area contributed by atoms with Crippen molar-refractivity contribution in [3.63, 3.8) is 0 Å². The summed E-state index contributed by atoms with van der Waals surface area (Å²) in [7, 11) is -2.20. The molecule has 1 aromatic heterocycles. The SMILES string of the molecule is CCP(=O)(CC)COc1cccc2sc(N)nc12. The summed E-state index contributed by atoms with van der Waals surface area (Å²) in [4.78, 5) is 4.25. The molecule has 0 amide bonds. The maximum absolute atomic E-state index is 12.3. The molecule has 4 nitrogen and oxygen atoms in total. The highest BCUT2D eigenvalue weighted by Gasteiger charge is 2.18. The van der Waals surface area contributed by atoms with E-state index in [0.29, 0.717) is 23.2 Å². The number of para-hydroxylation sites is 1. The van der Waals surface area contributed by atoms with Gasteiger partial charge in [-0.25, -0.2) is 4.98 Å². The first-order chi connectivity index (χ1) is 8.58. The first kappa shape index (κ1) is 13.4. The smallest absolute Gasteiger partial charge is 0.181 e. The third kappa shape index (κ3) is 2.68. The minimum atomic E-state index is -2.20. The Hall–Kier alpha value is -1.06. The molecule has 6 heteroatoms. The van der Waals surface area contributed by atoms with Gasteiger partial charge in [-0.1, -0.05) is 31.3 Å². The second-order valence-electron chi connectivity index (χ2n) is 4.12. The fourth-order valence-electron chi connectivity index (χ4n) is 1.65. The number of benzene rings is 1. The number of hydrogen-bond acceptors (Lipinski definition) is 5. The van der Waals surface area contributed by atoms with E-state index in [1.807, 2.05) is 32.0 Å². The van der Waals surface area contributed by atoms with Crippen LogP contribution in [0.2, 0.25) is 0 Å². The molecule has 0 fully saturated rings. The predicted molar refractivity (Wildman–Crippen MR) is 78.2 cm³/mol. The van der Waals surface area contributed by atoms with E-state index in [0.717, 1.165) is 10.2 Å². The quantitative estimate of drug-likeness (QED) is 0.852. The van der Waals surface area contributed by atoms with Crippen molar-refractivity contribution < 1.29 is 9.30 Å². The summed E-state index contributed by atoms with van der Waals surface area (Å²) in [5.74, 6) is 0.669. The van der Waals surface area contributed by atoms with Gasteiger partial charge in [-0.3, -0.25) is 0 Å². The van der Waals surface area contributed by atoms with Gasteiger partial charge in [0.2, 0.25) is 0 Å². The molecule has 0 saturated carbocycles. The van der Waals surface area contributed by atoms with Gasteiger partial charge in [0, 0.05) is 12.3 Å². The fourth-order valence-corrected chi connectivity index (χ4v) is 3.59. The molecule has 0 aliphatic heterocycles. The second-order valence-corrected chi connectivity index (χ2v) is 8.82. The Morgan fingerprint density at radius 1 is 1.39 bits per heavy atom. The Morgan fingerprint density at radius 3 is 2.78 bits per heavy atom. The molecule has 0 radical (unpaired) electrons. The van der Waals surface area contributed by atoms with E-state index in [4.69, 9.17) is 10.5 Å². The number of rotatable bonds is 5. The molecule has 2 aromatic rings. The first-order valence-corrected chi connectivity index (χ1v) is 9.01. The lowest BCUT2D eigenvalue weighted by atomic mass is 10.3. The Bertz CT molecular complexity index is 589. The van der Waals surface area contributed by atoms with E-state index < -0.39 is 7.14 Å². The van der Waals surface area contributed by atoms with E-state index in [9.17, 15) is 4.57 Å². The molecule has 1 aromatic carbocycles. The highest BCUT2D eigenvalue weighted by molar-refractivity contribution is 7.63. The summed E-state index contributed by atoms with van der Waals surface area (Å²) >= 11 is 1.43. The van der Waals surface area contributed by atoms with Gasteiger partial charge in [-0.2, -0.15) is 0 Å².